The molecule has 2 heterocycles. The minimum atomic E-state index is -1.15. The average Bonchev–Trinajstić information content (AvgIpc) is 3.17. The van der Waals surface area contributed by atoms with Crippen LogP contribution in [0.2, 0.25) is 0 Å². The molecule has 0 spiro atoms. The molecule has 2 aliphatic carbocycles. The first-order valence-corrected chi connectivity index (χ1v) is 8.38. The van der Waals surface area contributed by atoms with Gasteiger partial charge in [0.15, 0.2) is 11.3 Å². The third-order valence-electron chi connectivity index (χ3n) is 4.99. The van der Waals surface area contributed by atoms with Gasteiger partial charge in [0, 0.05) is 17.7 Å². The number of aromatic carboxylic acids is 1. The van der Waals surface area contributed by atoms with E-state index in [9.17, 15) is 14.7 Å². The monoisotopic (exact) mass is 354 g/mol. The summed E-state index contributed by atoms with van der Waals surface area (Å²) in [4.78, 5) is 28.0. The molecule has 0 aliphatic heterocycles. The zero-order valence-electron chi connectivity index (χ0n) is 14.0. The summed E-state index contributed by atoms with van der Waals surface area (Å²) in [7, 11) is 0. The number of fused-ring (bicyclic) bond motifs is 2. The molecular formula is C18H18N4O4. The van der Waals surface area contributed by atoms with Gasteiger partial charge in [-0.15, -0.1) is 0 Å². The maximum absolute atomic E-state index is 12.7. The van der Waals surface area contributed by atoms with Crippen LogP contribution in [0.3, 0.4) is 0 Å². The Morgan fingerprint density at radius 1 is 1.23 bits per heavy atom. The van der Waals surface area contributed by atoms with Crippen LogP contribution in [-0.4, -0.2) is 48.8 Å². The zero-order chi connectivity index (χ0) is 18.4. The Morgan fingerprint density at radius 3 is 2.77 bits per heavy atom. The zero-order valence-corrected chi connectivity index (χ0v) is 14.0. The standard InChI is InChI=1S/C18H18N4O4/c1-9-6-12(19-15-8-13(18(25)26)21-22(9)15)17(24)20-16-11-5-3-2-4-10(11)7-14(16)23/h2-6,8,10-11,14,16,23H,7H2,1H3,(H,20,24)(H,25,26). The number of hydrogen-bond donors (Lipinski definition) is 3. The number of aliphatic hydroxyl groups is 1. The van der Waals surface area contributed by atoms with Crippen molar-refractivity contribution in [1.29, 1.82) is 0 Å². The first kappa shape index (κ1) is 16.5. The Labute approximate surface area is 148 Å². The number of rotatable bonds is 3. The molecule has 2 aromatic rings. The molecule has 0 radical (unpaired) electrons. The van der Waals surface area contributed by atoms with Gasteiger partial charge in [-0.05, 0) is 25.3 Å². The number of aryl methyl sites for hydroxylation is 1. The number of nitrogens with one attached hydrogen (secondary N) is 1. The van der Waals surface area contributed by atoms with Gasteiger partial charge < -0.3 is 15.5 Å². The van der Waals surface area contributed by atoms with Gasteiger partial charge in [0.05, 0.1) is 12.1 Å². The summed E-state index contributed by atoms with van der Waals surface area (Å²) in [6.07, 6.45) is 7.91. The molecule has 3 N–H and O–H groups in total. The van der Waals surface area contributed by atoms with E-state index in [-0.39, 0.29) is 34.9 Å². The number of carbonyl (C=O) groups excluding carboxylic acids is 1. The lowest BCUT2D eigenvalue weighted by Gasteiger charge is -2.24. The van der Waals surface area contributed by atoms with Crippen LogP contribution in [-0.2, 0) is 0 Å². The molecule has 134 valence electrons. The molecule has 26 heavy (non-hydrogen) atoms. The molecule has 2 aliphatic rings. The van der Waals surface area contributed by atoms with Gasteiger partial charge in [0.25, 0.3) is 5.91 Å². The topological polar surface area (TPSA) is 117 Å². The second-order valence-electron chi connectivity index (χ2n) is 6.70. The number of carbonyl (C=O) groups is 2. The third-order valence-corrected chi connectivity index (χ3v) is 4.99. The van der Waals surface area contributed by atoms with Crippen molar-refractivity contribution < 1.29 is 19.8 Å². The van der Waals surface area contributed by atoms with Crippen LogP contribution in [0.4, 0.5) is 0 Å². The van der Waals surface area contributed by atoms with E-state index in [0.717, 1.165) is 0 Å². The molecule has 0 aromatic carbocycles. The molecule has 4 atom stereocenters. The highest BCUT2D eigenvalue weighted by molar-refractivity contribution is 5.93. The summed E-state index contributed by atoms with van der Waals surface area (Å²) in [6, 6.07) is 2.49. The lowest BCUT2D eigenvalue weighted by Crippen LogP contribution is -2.44. The van der Waals surface area contributed by atoms with E-state index in [0.29, 0.717) is 12.1 Å². The van der Waals surface area contributed by atoms with Crippen molar-refractivity contribution in [2.45, 2.75) is 25.5 Å². The number of carboxylic acid groups (broad SMARTS) is 1. The second kappa shape index (κ2) is 6.06. The Balaban J connectivity index is 1.61. The lowest BCUT2D eigenvalue weighted by atomic mass is 9.90. The third kappa shape index (κ3) is 2.68. The van der Waals surface area contributed by atoms with E-state index in [1.165, 1.54) is 10.6 Å². The molecular weight excluding hydrogens is 336 g/mol. The van der Waals surface area contributed by atoms with Crippen molar-refractivity contribution in [2.75, 3.05) is 0 Å². The van der Waals surface area contributed by atoms with E-state index < -0.39 is 18.0 Å². The average molecular weight is 354 g/mol. The highest BCUT2D eigenvalue weighted by atomic mass is 16.4. The first-order valence-electron chi connectivity index (χ1n) is 8.38. The van der Waals surface area contributed by atoms with Gasteiger partial charge in [-0.2, -0.15) is 5.10 Å². The Kier molecular flexibility index (Phi) is 3.84. The minimum absolute atomic E-state index is 0.0531. The van der Waals surface area contributed by atoms with E-state index in [1.54, 1.807) is 13.0 Å². The lowest BCUT2D eigenvalue weighted by molar-refractivity contribution is 0.0689. The van der Waals surface area contributed by atoms with Crippen molar-refractivity contribution in [3.8, 4) is 0 Å². The largest absolute Gasteiger partial charge is 0.476 e. The van der Waals surface area contributed by atoms with Gasteiger partial charge in [0.1, 0.15) is 5.69 Å². The highest BCUT2D eigenvalue weighted by Crippen LogP contribution is 2.36. The highest BCUT2D eigenvalue weighted by Gasteiger charge is 2.41. The Hall–Kier alpha value is -3.00. The number of nitrogens with zero attached hydrogens (tertiary/aromatic N) is 3. The van der Waals surface area contributed by atoms with Gasteiger partial charge in [-0.1, -0.05) is 24.3 Å². The molecule has 1 fully saturated rings. The number of allylic oxidation sites excluding steroid dienone is 3. The van der Waals surface area contributed by atoms with Crippen molar-refractivity contribution >= 4 is 17.5 Å². The fourth-order valence-electron chi connectivity index (χ4n) is 3.74. The molecule has 4 unspecified atom stereocenters. The fourth-order valence-corrected chi connectivity index (χ4v) is 3.74. The predicted octanol–water partition coefficient (Wildman–Crippen LogP) is 0.957. The Bertz CT molecular complexity index is 961. The molecule has 0 bridgehead atoms. The van der Waals surface area contributed by atoms with E-state index >= 15 is 0 Å². The molecule has 4 rings (SSSR count). The normalized spacial score (nSPS) is 26.8. The molecule has 1 saturated carbocycles. The van der Waals surface area contributed by atoms with Crippen LogP contribution in [0.25, 0.3) is 5.65 Å². The van der Waals surface area contributed by atoms with Gasteiger partial charge in [-0.3, -0.25) is 4.79 Å². The SMILES string of the molecule is Cc1cc(C(=O)NC2C(O)CC3C=CC=CC32)nc2cc(C(=O)O)nn12. The second-order valence-corrected chi connectivity index (χ2v) is 6.70. The maximum Gasteiger partial charge on any atom is 0.356 e. The predicted molar refractivity (Wildman–Crippen MR) is 91.8 cm³/mol. The van der Waals surface area contributed by atoms with Crippen LogP contribution < -0.4 is 5.32 Å². The van der Waals surface area contributed by atoms with Crippen LogP contribution in [0.5, 0.6) is 0 Å². The van der Waals surface area contributed by atoms with Crippen molar-refractivity contribution in [2.24, 2.45) is 11.8 Å². The van der Waals surface area contributed by atoms with Crippen LogP contribution >= 0.6 is 0 Å². The number of amides is 1. The summed E-state index contributed by atoms with van der Waals surface area (Å²) in [6.45, 7) is 1.72. The van der Waals surface area contributed by atoms with Gasteiger partial charge in [0.2, 0.25) is 0 Å². The minimum Gasteiger partial charge on any atom is -0.476 e. The fraction of sp³-hybridized carbons (Fsp3) is 0.333. The number of carboxylic acids is 1. The summed E-state index contributed by atoms with van der Waals surface area (Å²) in [5, 5.41) is 26.2. The van der Waals surface area contributed by atoms with Gasteiger partial charge >= 0.3 is 5.97 Å². The van der Waals surface area contributed by atoms with E-state index in [4.69, 9.17) is 5.11 Å². The van der Waals surface area contributed by atoms with Crippen LogP contribution in [0.1, 0.15) is 33.1 Å². The first-order chi connectivity index (χ1) is 12.4. The summed E-state index contributed by atoms with van der Waals surface area (Å²) in [5.74, 6) is -1.29. The summed E-state index contributed by atoms with van der Waals surface area (Å²) >= 11 is 0. The van der Waals surface area contributed by atoms with Crippen molar-refractivity contribution in [1.82, 2.24) is 19.9 Å². The molecule has 8 heteroatoms. The number of aliphatic hydroxyl groups excluding tert-OH is 1. The van der Waals surface area contributed by atoms with E-state index in [1.807, 2.05) is 24.3 Å². The summed E-state index contributed by atoms with van der Waals surface area (Å²) in [5.41, 5.74) is 0.917. The smallest absolute Gasteiger partial charge is 0.356 e. The molecule has 2 aromatic heterocycles. The van der Waals surface area contributed by atoms with Crippen LogP contribution in [0, 0.1) is 18.8 Å². The van der Waals surface area contributed by atoms with Crippen LogP contribution in [0.15, 0.2) is 36.4 Å². The number of hydrogen-bond acceptors (Lipinski definition) is 5. The molecule has 1 amide bonds. The van der Waals surface area contributed by atoms with Crippen molar-refractivity contribution in [3.05, 3.63) is 53.5 Å². The van der Waals surface area contributed by atoms with Crippen molar-refractivity contribution in [3.63, 3.8) is 0 Å². The maximum atomic E-state index is 12.7. The molecule has 8 nitrogen and oxygen atoms in total. The molecule has 0 saturated heterocycles. The number of aromatic nitrogens is 3. The van der Waals surface area contributed by atoms with E-state index in [2.05, 4.69) is 15.4 Å². The van der Waals surface area contributed by atoms with Gasteiger partial charge in [-0.25, -0.2) is 14.3 Å². The Morgan fingerprint density at radius 2 is 2.00 bits per heavy atom. The quantitative estimate of drug-likeness (QED) is 0.756. The summed E-state index contributed by atoms with van der Waals surface area (Å²) < 4.78 is 1.38.